The van der Waals surface area contributed by atoms with Crippen LogP contribution in [0.4, 0.5) is 24.5 Å². The van der Waals surface area contributed by atoms with Crippen LogP contribution >= 0.6 is 11.6 Å². The highest BCUT2D eigenvalue weighted by Gasteiger charge is 2.33. The second-order valence-electron chi connectivity index (χ2n) is 6.19. The number of halogens is 4. The summed E-state index contributed by atoms with van der Waals surface area (Å²) in [6.45, 7) is 2.65. The van der Waals surface area contributed by atoms with Gasteiger partial charge in [0.2, 0.25) is 5.91 Å². The fourth-order valence-electron chi connectivity index (χ4n) is 2.99. The van der Waals surface area contributed by atoms with Crippen LogP contribution in [0.3, 0.4) is 0 Å². The minimum Gasteiger partial charge on any atom is -0.369 e. The number of nitrogens with zero attached hydrogens (tertiary/aromatic N) is 3. The van der Waals surface area contributed by atoms with E-state index in [-0.39, 0.29) is 12.2 Å². The lowest BCUT2D eigenvalue weighted by atomic mass is 10.1. The summed E-state index contributed by atoms with van der Waals surface area (Å²) < 4.78 is 39.0. The van der Waals surface area contributed by atoms with Crippen LogP contribution in [0.15, 0.2) is 42.6 Å². The fourth-order valence-corrected chi connectivity index (χ4v) is 3.15. The summed E-state index contributed by atoms with van der Waals surface area (Å²) in [6.07, 6.45) is -2.88. The summed E-state index contributed by atoms with van der Waals surface area (Å²) in [7, 11) is 0. The number of carbonyl (C=O) groups excluding carboxylic acids is 1. The average molecular weight is 399 g/mol. The minimum absolute atomic E-state index is 0.0388. The highest BCUT2D eigenvalue weighted by molar-refractivity contribution is 6.29. The van der Waals surface area contributed by atoms with Crippen molar-refractivity contribution >= 4 is 28.9 Å². The summed E-state index contributed by atoms with van der Waals surface area (Å²) in [5, 5.41) is 2.79. The van der Waals surface area contributed by atoms with E-state index in [0.29, 0.717) is 31.3 Å². The topological polar surface area (TPSA) is 48.5 Å². The fraction of sp³-hybridized carbons (Fsp3) is 0.333. The molecule has 5 nitrogen and oxygen atoms in total. The standard InChI is InChI=1S/C18H18ClF3N4O/c19-16-11-13(5-6-23-16)26-9-7-25(8-10-26)12-17(27)24-15-4-2-1-3-14(15)18(20,21)22/h1-6,11H,7-10,12H2,(H,24,27). The lowest BCUT2D eigenvalue weighted by Crippen LogP contribution is -2.48. The van der Waals surface area contributed by atoms with Crippen LogP contribution in [-0.4, -0.2) is 48.5 Å². The first kappa shape index (κ1) is 19.4. The molecule has 1 aromatic heterocycles. The molecular formula is C18H18ClF3N4O. The minimum atomic E-state index is -4.51. The average Bonchev–Trinajstić information content (AvgIpc) is 2.62. The van der Waals surface area contributed by atoms with E-state index in [0.717, 1.165) is 11.8 Å². The van der Waals surface area contributed by atoms with Gasteiger partial charge >= 0.3 is 6.18 Å². The predicted octanol–water partition coefficient (Wildman–Crippen LogP) is 3.51. The van der Waals surface area contributed by atoms with Crippen molar-refractivity contribution < 1.29 is 18.0 Å². The molecule has 2 aromatic rings. The molecule has 0 aliphatic carbocycles. The van der Waals surface area contributed by atoms with Gasteiger partial charge in [-0.15, -0.1) is 0 Å². The summed E-state index contributed by atoms with van der Waals surface area (Å²) >= 11 is 5.90. The number of rotatable bonds is 4. The molecule has 0 unspecified atom stereocenters. The normalized spacial score (nSPS) is 15.6. The molecule has 0 spiro atoms. The zero-order chi connectivity index (χ0) is 19.4. The van der Waals surface area contributed by atoms with Gasteiger partial charge in [-0.2, -0.15) is 13.2 Å². The summed E-state index contributed by atoms with van der Waals surface area (Å²) in [5.41, 5.74) is -0.115. The van der Waals surface area contributed by atoms with E-state index in [1.165, 1.54) is 18.2 Å². The number of alkyl halides is 3. The molecule has 1 fully saturated rings. The number of hydrogen-bond donors (Lipinski definition) is 1. The molecule has 0 atom stereocenters. The Morgan fingerprint density at radius 1 is 1.15 bits per heavy atom. The molecule has 144 valence electrons. The third kappa shape index (κ3) is 5.11. The second-order valence-corrected chi connectivity index (χ2v) is 6.58. The van der Waals surface area contributed by atoms with Crippen LogP contribution in [0, 0.1) is 0 Å². The van der Waals surface area contributed by atoms with Crippen molar-refractivity contribution in [2.75, 3.05) is 42.9 Å². The molecule has 0 radical (unpaired) electrons. The van der Waals surface area contributed by atoms with E-state index in [2.05, 4.69) is 15.2 Å². The lowest BCUT2D eigenvalue weighted by Gasteiger charge is -2.35. The largest absolute Gasteiger partial charge is 0.418 e. The Labute approximate surface area is 159 Å². The molecule has 27 heavy (non-hydrogen) atoms. The van der Waals surface area contributed by atoms with E-state index < -0.39 is 17.6 Å². The SMILES string of the molecule is O=C(CN1CCN(c2ccnc(Cl)c2)CC1)Nc1ccccc1C(F)(F)F. The number of piperazine rings is 1. The van der Waals surface area contributed by atoms with Gasteiger partial charge in [-0.05, 0) is 24.3 Å². The molecule has 1 aliphatic rings. The Balaban J connectivity index is 1.55. The molecule has 0 saturated carbocycles. The maximum atomic E-state index is 13.0. The molecule has 2 heterocycles. The summed E-state index contributed by atoms with van der Waals surface area (Å²) in [6, 6.07) is 8.60. The Bertz CT molecular complexity index is 807. The second kappa shape index (κ2) is 8.14. The van der Waals surface area contributed by atoms with Crippen LogP contribution in [0.2, 0.25) is 5.15 Å². The van der Waals surface area contributed by atoms with Gasteiger partial charge in [0.05, 0.1) is 17.8 Å². The Kier molecular flexibility index (Phi) is 5.86. The van der Waals surface area contributed by atoms with E-state index >= 15 is 0 Å². The number of benzene rings is 1. The van der Waals surface area contributed by atoms with Crippen molar-refractivity contribution in [2.24, 2.45) is 0 Å². The number of pyridine rings is 1. The van der Waals surface area contributed by atoms with E-state index in [1.807, 2.05) is 11.0 Å². The first-order valence-electron chi connectivity index (χ1n) is 8.38. The quantitative estimate of drug-likeness (QED) is 0.801. The molecular weight excluding hydrogens is 381 g/mol. The monoisotopic (exact) mass is 398 g/mol. The molecule has 1 amide bonds. The third-order valence-corrected chi connectivity index (χ3v) is 4.53. The maximum absolute atomic E-state index is 13.0. The molecule has 1 aromatic carbocycles. The van der Waals surface area contributed by atoms with Gasteiger partial charge in [-0.1, -0.05) is 23.7 Å². The van der Waals surface area contributed by atoms with Crippen LogP contribution in [-0.2, 0) is 11.0 Å². The van der Waals surface area contributed by atoms with Crippen LogP contribution < -0.4 is 10.2 Å². The lowest BCUT2D eigenvalue weighted by molar-refractivity contribution is -0.137. The third-order valence-electron chi connectivity index (χ3n) is 4.32. The van der Waals surface area contributed by atoms with Gasteiger partial charge in [-0.25, -0.2) is 4.98 Å². The van der Waals surface area contributed by atoms with Gasteiger partial charge in [0.15, 0.2) is 0 Å². The van der Waals surface area contributed by atoms with Crippen molar-refractivity contribution in [2.45, 2.75) is 6.18 Å². The highest BCUT2D eigenvalue weighted by Crippen LogP contribution is 2.34. The van der Waals surface area contributed by atoms with Crippen LogP contribution in [0.1, 0.15) is 5.56 Å². The van der Waals surface area contributed by atoms with Crippen LogP contribution in [0.5, 0.6) is 0 Å². The number of anilines is 2. The van der Waals surface area contributed by atoms with Gasteiger partial charge in [0, 0.05) is 38.1 Å². The van der Waals surface area contributed by atoms with Gasteiger partial charge in [0.25, 0.3) is 0 Å². The van der Waals surface area contributed by atoms with Crippen molar-refractivity contribution in [3.8, 4) is 0 Å². The molecule has 3 rings (SSSR count). The first-order valence-corrected chi connectivity index (χ1v) is 8.75. The van der Waals surface area contributed by atoms with Crippen molar-refractivity contribution in [1.82, 2.24) is 9.88 Å². The van der Waals surface area contributed by atoms with Crippen molar-refractivity contribution in [1.29, 1.82) is 0 Å². The van der Waals surface area contributed by atoms with Gasteiger partial charge < -0.3 is 10.2 Å². The Hall–Kier alpha value is -2.32. The number of carbonyl (C=O) groups is 1. The summed E-state index contributed by atoms with van der Waals surface area (Å²) in [4.78, 5) is 20.2. The van der Waals surface area contributed by atoms with Crippen LogP contribution in [0.25, 0.3) is 0 Å². The maximum Gasteiger partial charge on any atom is 0.418 e. The van der Waals surface area contributed by atoms with E-state index in [4.69, 9.17) is 11.6 Å². The first-order chi connectivity index (χ1) is 12.8. The van der Waals surface area contributed by atoms with E-state index in [1.54, 1.807) is 12.3 Å². The molecule has 1 N–H and O–H groups in total. The van der Waals surface area contributed by atoms with E-state index in [9.17, 15) is 18.0 Å². The van der Waals surface area contributed by atoms with Crippen molar-refractivity contribution in [3.05, 3.63) is 53.3 Å². The van der Waals surface area contributed by atoms with Crippen molar-refractivity contribution in [3.63, 3.8) is 0 Å². The smallest absolute Gasteiger partial charge is 0.369 e. The van der Waals surface area contributed by atoms with Gasteiger partial charge in [-0.3, -0.25) is 9.69 Å². The molecule has 1 saturated heterocycles. The number of amides is 1. The number of aromatic nitrogens is 1. The Morgan fingerprint density at radius 2 is 1.85 bits per heavy atom. The Morgan fingerprint density at radius 3 is 2.52 bits per heavy atom. The number of hydrogen-bond acceptors (Lipinski definition) is 4. The molecule has 1 aliphatic heterocycles. The number of para-hydroxylation sites is 1. The number of nitrogens with one attached hydrogen (secondary N) is 1. The molecule has 9 heteroatoms. The predicted molar refractivity (Wildman–Crippen MR) is 98.0 cm³/mol. The highest BCUT2D eigenvalue weighted by atomic mass is 35.5. The zero-order valence-corrected chi connectivity index (χ0v) is 15.1. The van der Waals surface area contributed by atoms with Gasteiger partial charge in [0.1, 0.15) is 5.15 Å². The zero-order valence-electron chi connectivity index (χ0n) is 14.3. The summed E-state index contributed by atoms with van der Waals surface area (Å²) in [5.74, 6) is -0.466. The molecule has 0 bridgehead atoms.